The summed E-state index contributed by atoms with van der Waals surface area (Å²) >= 11 is 0. The Balaban J connectivity index is 1.38. The van der Waals surface area contributed by atoms with Gasteiger partial charge in [-0.15, -0.1) is 0 Å². The molecule has 5 atom stereocenters. The maximum Gasteiger partial charge on any atom is 0.338 e. The van der Waals surface area contributed by atoms with Gasteiger partial charge in [0.05, 0.1) is 23.3 Å². The lowest BCUT2D eigenvalue weighted by molar-refractivity contribution is -0.233. The molecule has 0 spiro atoms. The molecule has 2 bridgehead atoms. The van der Waals surface area contributed by atoms with E-state index < -0.39 is 48.6 Å². The van der Waals surface area contributed by atoms with Gasteiger partial charge in [0.25, 0.3) is 0 Å². The molecule has 178 valence electrons. The average Bonchev–Trinajstić information content (AvgIpc) is 3.18. The van der Waals surface area contributed by atoms with E-state index in [1.165, 1.54) is 0 Å². The van der Waals surface area contributed by atoms with E-state index in [0.29, 0.717) is 16.7 Å². The smallest absolute Gasteiger partial charge is 0.338 e. The van der Waals surface area contributed by atoms with Crippen molar-refractivity contribution in [2.45, 2.75) is 30.7 Å². The number of ether oxygens (including phenoxy) is 5. The molecule has 0 aromatic heterocycles. The molecule has 5 rings (SSSR count). The minimum atomic E-state index is -1.06. The zero-order valence-electron chi connectivity index (χ0n) is 18.5. The fourth-order valence-electron chi connectivity index (χ4n) is 4.04. The van der Waals surface area contributed by atoms with Gasteiger partial charge in [-0.25, -0.2) is 14.4 Å². The van der Waals surface area contributed by atoms with Crippen LogP contribution in [0.2, 0.25) is 0 Å². The van der Waals surface area contributed by atoms with E-state index in [0.717, 1.165) is 0 Å². The van der Waals surface area contributed by atoms with Crippen molar-refractivity contribution in [3.8, 4) is 0 Å². The van der Waals surface area contributed by atoms with Crippen molar-refractivity contribution in [1.29, 1.82) is 0 Å². The van der Waals surface area contributed by atoms with Gasteiger partial charge in [0.2, 0.25) is 0 Å². The molecule has 0 radical (unpaired) electrons. The number of benzene rings is 3. The lowest BCUT2D eigenvalue weighted by atomic mass is 10.1. The highest BCUT2D eigenvalue weighted by molar-refractivity contribution is 5.91. The molecule has 2 aliphatic heterocycles. The summed E-state index contributed by atoms with van der Waals surface area (Å²) in [5, 5.41) is 0. The molecule has 3 aromatic rings. The molecular weight excluding hydrogens is 452 g/mol. The molecule has 3 aromatic carbocycles. The van der Waals surface area contributed by atoms with E-state index in [1.807, 2.05) is 0 Å². The third kappa shape index (κ3) is 4.94. The second kappa shape index (κ2) is 10.1. The summed E-state index contributed by atoms with van der Waals surface area (Å²) in [4.78, 5) is 38.3. The Kier molecular flexibility index (Phi) is 6.56. The summed E-state index contributed by atoms with van der Waals surface area (Å²) in [6, 6.07) is 25.3. The van der Waals surface area contributed by atoms with E-state index in [2.05, 4.69) is 0 Å². The van der Waals surface area contributed by atoms with Gasteiger partial charge in [0.1, 0.15) is 6.10 Å². The van der Waals surface area contributed by atoms with Gasteiger partial charge in [0.15, 0.2) is 24.6 Å². The molecule has 8 nitrogen and oxygen atoms in total. The van der Waals surface area contributed by atoms with Gasteiger partial charge in [0, 0.05) is 0 Å². The van der Waals surface area contributed by atoms with E-state index in [9.17, 15) is 14.4 Å². The number of carbonyl (C=O) groups is 3. The number of esters is 3. The zero-order chi connectivity index (χ0) is 24.2. The molecule has 2 aliphatic rings. The first kappa shape index (κ1) is 22.8. The zero-order valence-corrected chi connectivity index (χ0v) is 18.5. The Bertz CT molecular complexity index is 1180. The first-order chi connectivity index (χ1) is 17.1. The van der Waals surface area contributed by atoms with Gasteiger partial charge < -0.3 is 23.7 Å². The Morgan fingerprint density at radius 1 is 0.600 bits per heavy atom. The van der Waals surface area contributed by atoms with Crippen LogP contribution in [-0.2, 0) is 23.7 Å². The number of fused-ring (bicyclic) bond motifs is 2. The van der Waals surface area contributed by atoms with Gasteiger partial charge in [-0.3, -0.25) is 0 Å². The van der Waals surface area contributed by atoms with Crippen LogP contribution in [0.25, 0.3) is 0 Å². The van der Waals surface area contributed by atoms with Gasteiger partial charge in [-0.2, -0.15) is 0 Å². The van der Waals surface area contributed by atoms with E-state index in [1.54, 1.807) is 91.0 Å². The second-order valence-corrected chi connectivity index (χ2v) is 8.08. The van der Waals surface area contributed by atoms with Crippen molar-refractivity contribution in [3.05, 3.63) is 108 Å². The predicted molar refractivity (Wildman–Crippen MR) is 122 cm³/mol. The number of hydrogen-bond acceptors (Lipinski definition) is 8. The lowest BCUT2D eigenvalue weighted by Crippen LogP contribution is -2.46. The molecule has 0 N–H and O–H groups in total. The molecule has 0 saturated carbocycles. The fourth-order valence-corrected chi connectivity index (χ4v) is 4.04. The summed E-state index contributed by atoms with van der Waals surface area (Å²) < 4.78 is 28.7. The summed E-state index contributed by atoms with van der Waals surface area (Å²) in [5.41, 5.74) is 1.01. The minimum Gasteiger partial charge on any atom is -0.453 e. The van der Waals surface area contributed by atoms with Crippen LogP contribution in [-0.4, -0.2) is 55.2 Å². The van der Waals surface area contributed by atoms with Crippen LogP contribution in [0.1, 0.15) is 31.1 Å². The van der Waals surface area contributed by atoms with Crippen LogP contribution in [0.4, 0.5) is 0 Å². The Labute approximate surface area is 201 Å². The van der Waals surface area contributed by atoms with Crippen molar-refractivity contribution in [2.24, 2.45) is 0 Å². The molecule has 5 unspecified atom stereocenters. The van der Waals surface area contributed by atoms with Crippen LogP contribution in [0.15, 0.2) is 91.0 Å². The van der Waals surface area contributed by atoms with Crippen LogP contribution >= 0.6 is 0 Å². The van der Waals surface area contributed by atoms with Crippen molar-refractivity contribution in [2.75, 3.05) is 6.61 Å². The van der Waals surface area contributed by atoms with Gasteiger partial charge >= 0.3 is 17.9 Å². The summed E-state index contributed by atoms with van der Waals surface area (Å²) in [6.07, 6.45) is -4.86. The maximum atomic E-state index is 12.9. The van der Waals surface area contributed by atoms with Crippen molar-refractivity contribution < 1.29 is 38.1 Å². The minimum absolute atomic E-state index is 0.00726. The van der Waals surface area contributed by atoms with Crippen LogP contribution < -0.4 is 0 Å². The highest BCUT2D eigenvalue weighted by Crippen LogP contribution is 2.36. The average molecular weight is 474 g/mol. The molecule has 35 heavy (non-hydrogen) atoms. The first-order valence-electron chi connectivity index (χ1n) is 11.2. The molecule has 0 amide bonds. The Morgan fingerprint density at radius 2 is 1.03 bits per heavy atom. The van der Waals surface area contributed by atoms with Gasteiger partial charge in [-0.05, 0) is 36.4 Å². The van der Waals surface area contributed by atoms with E-state index in [4.69, 9.17) is 23.7 Å². The third-order valence-corrected chi connectivity index (χ3v) is 5.77. The lowest BCUT2D eigenvalue weighted by Gasteiger charge is -2.29. The van der Waals surface area contributed by atoms with E-state index >= 15 is 0 Å². The molecular formula is C27H22O8. The normalized spacial score (nSPS) is 24.9. The van der Waals surface area contributed by atoms with Crippen molar-refractivity contribution >= 4 is 17.9 Å². The first-order valence-corrected chi connectivity index (χ1v) is 11.2. The largest absolute Gasteiger partial charge is 0.453 e. The molecule has 2 heterocycles. The Morgan fingerprint density at radius 3 is 1.51 bits per heavy atom. The van der Waals surface area contributed by atoms with Crippen molar-refractivity contribution in [3.63, 3.8) is 0 Å². The van der Waals surface area contributed by atoms with E-state index in [-0.39, 0.29) is 6.61 Å². The van der Waals surface area contributed by atoms with Gasteiger partial charge in [-0.1, -0.05) is 54.6 Å². The molecule has 8 heteroatoms. The number of rotatable bonds is 6. The molecule has 2 saturated heterocycles. The van der Waals surface area contributed by atoms with Crippen LogP contribution in [0, 0.1) is 0 Å². The SMILES string of the molecule is O=C(OC1COC2OC1C(OC(=O)c1ccccc1)C2OC(=O)c1ccccc1)c1ccccc1. The standard InChI is InChI=1S/C27H22O8/c28-24(17-10-4-1-5-11-17)32-20-16-31-27-23(34-26(30)19-14-8-3-9-15-19)22(21(20)35-27)33-25(29)18-12-6-2-7-13-18/h1-15,20-23,27H,16H2. The maximum absolute atomic E-state index is 12.9. The monoisotopic (exact) mass is 474 g/mol. The highest BCUT2D eigenvalue weighted by Gasteiger charge is 2.57. The fraction of sp³-hybridized carbons (Fsp3) is 0.222. The number of carbonyl (C=O) groups excluding carboxylic acids is 3. The summed E-state index contributed by atoms with van der Waals surface area (Å²) in [5.74, 6) is -1.81. The molecule has 2 fully saturated rings. The third-order valence-electron chi connectivity index (χ3n) is 5.77. The predicted octanol–water partition coefficient (Wildman–Crippen LogP) is 3.42. The van der Waals surface area contributed by atoms with Crippen LogP contribution in [0.3, 0.4) is 0 Å². The van der Waals surface area contributed by atoms with Crippen LogP contribution in [0.5, 0.6) is 0 Å². The highest BCUT2D eigenvalue weighted by atomic mass is 16.8. The summed E-state index contributed by atoms with van der Waals surface area (Å²) in [7, 11) is 0. The number of hydrogen-bond donors (Lipinski definition) is 0. The molecule has 0 aliphatic carbocycles. The Hall–Kier alpha value is -4.01. The second-order valence-electron chi connectivity index (χ2n) is 8.08. The summed E-state index contributed by atoms with van der Waals surface area (Å²) in [6.45, 7) is -0.00726. The quantitative estimate of drug-likeness (QED) is 0.396. The van der Waals surface area contributed by atoms with Crippen molar-refractivity contribution in [1.82, 2.24) is 0 Å². The topological polar surface area (TPSA) is 97.4 Å².